The van der Waals surface area contributed by atoms with E-state index in [4.69, 9.17) is 0 Å². The van der Waals surface area contributed by atoms with Crippen molar-refractivity contribution in [3.8, 4) is 0 Å². The molecule has 2 rings (SSSR count). The highest BCUT2D eigenvalue weighted by molar-refractivity contribution is 6.22. The van der Waals surface area contributed by atoms with Crippen LogP contribution >= 0.6 is 0 Å². The third kappa shape index (κ3) is 3.24. The molecule has 0 saturated heterocycles. The summed E-state index contributed by atoms with van der Waals surface area (Å²) < 4.78 is 0. The summed E-state index contributed by atoms with van der Waals surface area (Å²) in [6, 6.07) is 6.26. The van der Waals surface area contributed by atoms with Crippen LogP contribution in [0.1, 0.15) is 43.4 Å². The maximum absolute atomic E-state index is 12.1. The minimum atomic E-state index is -0.189. The van der Waals surface area contributed by atoms with E-state index in [2.05, 4.69) is 32.0 Å². The standard InChI is InChI=1S/C18H22O2/c1-12-5-6-14(13(2)9-12)7-8-15-16(19)10-18(3,4)11-17(15)20/h5-6,8-9H,7,10-11H2,1-4H3. The van der Waals surface area contributed by atoms with Crippen LogP contribution in [0.15, 0.2) is 29.8 Å². The Balaban J connectivity index is 2.19. The lowest BCUT2D eigenvalue weighted by atomic mass is 9.74. The first kappa shape index (κ1) is 14.7. The van der Waals surface area contributed by atoms with Crippen molar-refractivity contribution in [3.63, 3.8) is 0 Å². The Hall–Kier alpha value is -1.70. The number of benzene rings is 1. The monoisotopic (exact) mass is 270 g/mol. The molecule has 2 heteroatoms. The summed E-state index contributed by atoms with van der Waals surface area (Å²) in [5.41, 5.74) is 3.83. The van der Waals surface area contributed by atoms with Gasteiger partial charge in [-0.15, -0.1) is 0 Å². The summed E-state index contributed by atoms with van der Waals surface area (Å²) in [5.74, 6) is -0.00738. The molecule has 0 amide bonds. The molecule has 1 saturated carbocycles. The predicted molar refractivity (Wildman–Crippen MR) is 80.7 cm³/mol. The van der Waals surface area contributed by atoms with E-state index < -0.39 is 0 Å². The van der Waals surface area contributed by atoms with Gasteiger partial charge in [-0.2, -0.15) is 0 Å². The molecule has 0 aromatic heterocycles. The molecule has 0 aliphatic heterocycles. The highest BCUT2D eigenvalue weighted by atomic mass is 16.1. The molecule has 1 aromatic carbocycles. The van der Waals surface area contributed by atoms with Crippen molar-refractivity contribution < 1.29 is 9.59 Å². The van der Waals surface area contributed by atoms with Crippen LogP contribution in [-0.4, -0.2) is 11.6 Å². The van der Waals surface area contributed by atoms with Crippen LogP contribution in [0.3, 0.4) is 0 Å². The van der Waals surface area contributed by atoms with E-state index in [1.165, 1.54) is 16.7 Å². The molecular formula is C18H22O2. The van der Waals surface area contributed by atoms with Crippen LogP contribution in [0.2, 0.25) is 0 Å². The number of aryl methyl sites for hydroxylation is 2. The van der Waals surface area contributed by atoms with Gasteiger partial charge in [-0.3, -0.25) is 9.59 Å². The van der Waals surface area contributed by atoms with Gasteiger partial charge in [0.25, 0.3) is 0 Å². The normalized spacial score (nSPS) is 18.3. The Bertz CT molecular complexity index is 569. The highest BCUT2D eigenvalue weighted by Gasteiger charge is 2.35. The van der Waals surface area contributed by atoms with E-state index >= 15 is 0 Å². The van der Waals surface area contributed by atoms with Crippen LogP contribution in [0.25, 0.3) is 0 Å². The molecule has 1 fully saturated rings. The fourth-order valence-electron chi connectivity index (χ4n) is 2.79. The average molecular weight is 270 g/mol. The van der Waals surface area contributed by atoms with E-state index in [1.54, 1.807) is 0 Å². The minimum absolute atomic E-state index is 0.00369. The van der Waals surface area contributed by atoms with Crippen LogP contribution in [0.4, 0.5) is 0 Å². The SMILES string of the molecule is Cc1ccc(CC=C2C(=O)CC(C)(C)CC2=O)c(C)c1. The number of carbonyl (C=O) groups excluding carboxylic acids is 2. The smallest absolute Gasteiger partial charge is 0.166 e. The molecule has 0 N–H and O–H groups in total. The van der Waals surface area contributed by atoms with Gasteiger partial charge in [0.2, 0.25) is 0 Å². The Kier molecular flexibility index (Phi) is 3.94. The van der Waals surface area contributed by atoms with Crippen molar-refractivity contribution in [3.05, 3.63) is 46.5 Å². The largest absolute Gasteiger partial charge is 0.294 e. The Morgan fingerprint density at radius 3 is 2.25 bits per heavy atom. The van der Waals surface area contributed by atoms with E-state index in [1.807, 2.05) is 19.9 Å². The fraction of sp³-hybridized carbons (Fsp3) is 0.444. The van der Waals surface area contributed by atoms with Gasteiger partial charge in [0.05, 0.1) is 5.57 Å². The Labute approximate surface area is 120 Å². The average Bonchev–Trinajstić information content (AvgIpc) is 2.28. The zero-order valence-electron chi connectivity index (χ0n) is 12.7. The quantitative estimate of drug-likeness (QED) is 0.606. The molecule has 106 valence electrons. The zero-order chi connectivity index (χ0) is 14.9. The molecular weight excluding hydrogens is 248 g/mol. The number of ketones is 2. The van der Waals surface area contributed by atoms with Crippen LogP contribution < -0.4 is 0 Å². The maximum atomic E-state index is 12.1. The maximum Gasteiger partial charge on any atom is 0.166 e. The van der Waals surface area contributed by atoms with Crippen LogP contribution in [-0.2, 0) is 16.0 Å². The van der Waals surface area contributed by atoms with Crippen LogP contribution in [0.5, 0.6) is 0 Å². The van der Waals surface area contributed by atoms with Crippen molar-refractivity contribution in [2.45, 2.75) is 47.0 Å². The third-order valence-electron chi connectivity index (χ3n) is 3.90. The van der Waals surface area contributed by atoms with Gasteiger partial charge in [-0.25, -0.2) is 0 Å². The topological polar surface area (TPSA) is 34.1 Å². The second-order valence-corrected chi connectivity index (χ2v) is 6.62. The van der Waals surface area contributed by atoms with Gasteiger partial charge < -0.3 is 0 Å². The Morgan fingerprint density at radius 1 is 1.10 bits per heavy atom. The first-order chi connectivity index (χ1) is 9.28. The van der Waals surface area contributed by atoms with Crippen molar-refractivity contribution in [2.75, 3.05) is 0 Å². The van der Waals surface area contributed by atoms with Gasteiger partial charge in [-0.05, 0) is 36.8 Å². The lowest BCUT2D eigenvalue weighted by molar-refractivity contribution is -0.127. The second-order valence-electron chi connectivity index (χ2n) is 6.62. The molecule has 1 aliphatic carbocycles. The van der Waals surface area contributed by atoms with Gasteiger partial charge in [0, 0.05) is 12.8 Å². The van der Waals surface area contributed by atoms with E-state index in [9.17, 15) is 9.59 Å². The van der Waals surface area contributed by atoms with Gasteiger partial charge in [0.1, 0.15) is 0 Å². The number of hydrogen-bond donors (Lipinski definition) is 0. The summed E-state index contributed by atoms with van der Waals surface area (Å²) in [7, 11) is 0. The molecule has 0 spiro atoms. The molecule has 0 bridgehead atoms. The first-order valence-corrected chi connectivity index (χ1v) is 7.11. The third-order valence-corrected chi connectivity index (χ3v) is 3.90. The summed E-state index contributed by atoms with van der Waals surface area (Å²) in [6.07, 6.45) is 3.41. The van der Waals surface area contributed by atoms with Crippen molar-refractivity contribution in [1.29, 1.82) is 0 Å². The minimum Gasteiger partial charge on any atom is -0.294 e. The fourth-order valence-corrected chi connectivity index (χ4v) is 2.79. The molecule has 20 heavy (non-hydrogen) atoms. The van der Waals surface area contributed by atoms with E-state index in [-0.39, 0.29) is 17.0 Å². The van der Waals surface area contributed by atoms with Gasteiger partial charge in [0.15, 0.2) is 11.6 Å². The van der Waals surface area contributed by atoms with Crippen molar-refractivity contribution in [1.82, 2.24) is 0 Å². The zero-order valence-corrected chi connectivity index (χ0v) is 12.7. The summed E-state index contributed by atoms with van der Waals surface area (Å²) in [6.45, 7) is 8.08. The van der Waals surface area contributed by atoms with E-state index in [0.29, 0.717) is 24.8 Å². The molecule has 0 atom stereocenters. The van der Waals surface area contributed by atoms with E-state index in [0.717, 1.165) is 0 Å². The molecule has 0 heterocycles. The first-order valence-electron chi connectivity index (χ1n) is 7.11. The number of allylic oxidation sites excluding steroid dienone is 2. The van der Waals surface area contributed by atoms with Crippen molar-refractivity contribution >= 4 is 11.6 Å². The molecule has 2 nitrogen and oxygen atoms in total. The summed E-state index contributed by atoms with van der Waals surface area (Å²) >= 11 is 0. The number of hydrogen-bond acceptors (Lipinski definition) is 2. The number of carbonyl (C=O) groups is 2. The second kappa shape index (κ2) is 5.35. The summed E-state index contributed by atoms with van der Waals surface area (Å²) in [4.78, 5) is 24.2. The van der Waals surface area contributed by atoms with Gasteiger partial charge >= 0.3 is 0 Å². The number of rotatable bonds is 2. The molecule has 1 aliphatic rings. The van der Waals surface area contributed by atoms with Crippen LogP contribution in [0, 0.1) is 19.3 Å². The Morgan fingerprint density at radius 2 is 1.70 bits per heavy atom. The van der Waals surface area contributed by atoms with Gasteiger partial charge in [-0.1, -0.05) is 43.7 Å². The lowest BCUT2D eigenvalue weighted by Crippen LogP contribution is -2.31. The lowest BCUT2D eigenvalue weighted by Gasteiger charge is -2.28. The number of Topliss-reactive ketones (excluding diaryl/α,β-unsaturated/α-hetero) is 2. The summed E-state index contributed by atoms with van der Waals surface area (Å²) in [5, 5.41) is 0. The molecule has 1 aromatic rings. The molecule has 0 radical (unpaired) electrons. The molecule has 0 unspecified atom stereocenters. The highest BCUT2D eigenvalue weighted by Crippen LogP contribution is 2.33. The predicted octanol–water partition coefficient (Wildman–Crippen LogP) is 3.73. The van der Waals surface area contributed by atoms with Crippen molar-refractivity contribution in [2.24, 2.45) is 5.41 Å².